The summed E-state index contributed by atoms with van der Waals surface area (Å²) >= 11 is 0. The van der Waals surface area contributed by atoms with E-state index in [0.29, 0.717) is 11.3 Å². The minimum Gasteiger partial charge on any atom is -0.364 e. The van der Waals surface area contributed by atoms with Gasteiger partial charge in [0.15, 0.2) is 5.78 Å². The number of hydrogen-bond donors (Lipinski definition) is 0. The fraction of sp³-hybridized carbons (Fsp3) is 0.312. The van der Waals surface area contributed by atoms with Crippen molar-refractivity contribution in [2.45, 2.75) is 25.8 Å². The maximum Gasteiger partial charge on any atom is 0.223 e. The average molecular weight is 304 g/mol. The number of carbonyl (C=O) groups excluding carboxylic acids is 2. The van der Waals surface area contributed by atoms with Crippen molar-refractivity contribution in [2.75, 3.05) is 7.05 Å². The summed E-state index contributed by atoms with van der Waals surface area (Å²) in [6.07, 6.45) is 1.62. The molecule has 0 saturated heterocycles. The molecule has 1 heterocycles. The number of carbonyl (C=O) groups is 2. The summed E-state index contributed by atoms with van der Waals surface area (Å²) < 4.78 is 17.6. The Balaban J connectivity index is 1.89. The van der Waals surface area contributed by atoms with Crippen LogP contribution in [0.5, 0.6) is 0 Å². The maximum atomic E-state index is 12.8. The van der Waals surface area contributed by atoms with Crippen molar-refractivity contribution < 1.29 is 18.5 Å². The van der Waals surface area contributed by atoms with Gasteiger partial charge in [-0.15, -0.1) is 0 Å². The van der Waals surface area contributed by atoms with E-state index in [1.807, 2.05) is 6.92 Å². The molecule has 0 saturated carbocycles. The van der Waals surface area contributed by atoms with Gasteiger partial charge in [0.05, 0.1) is 6.04 Å². The standard InChI is InChI=1S/C16H17FN2O3/c1-11(14-9-10-22-18-14)19(2)16(21)8-7-15(20)12-3-5-13(17)6-4-12/h3-6,9-11H,7-8H2,1-2H3/t11-/m1/s1. The molecule has 0 aliphatic carbocycles. The van der Waals surface area contributed by atoms with Crippen molar-refractivity contribution in [1.29, 1.82) is 0 Å². The van der Waals surface area contributed by atoms with Crippen LogP contribution in [-0.2, 0) is 4.79 Å². The lowest BCUT2D eigenvalue weighted by Crippen LogP contribution is -2.30. The first-order chi connectivity index (χ1) is 10.5. The van der Waals surface area contributed by atoms with Crippen LogP contribution in [0, 0.1) is 5.82 Å². The Morgan fingerprint density at radius 1 is 1.23 bits per heavy atom. The Labute approximate surface area is 127 Å². The largest absolute Gasteiger partial charge is 0.364 e. The third kappa shape index (κ3) is 3.78. The lowest BCUT2D eigenvalue weighted by molar-refractivity contribution is -0.131. The summed E-state index contributed by atoms with van der Waals surface area (Å²) in [4.78, 5) is 25.6. The van der Waals surface area contributed by atoms with E-state index in [9.17, 15) is 14.0 Å². The minimum atomic E-state index is -0.395. The van der Waals surface area contributed by atoms with E-state index in [1.54, 1.807) is 13.1 Å². The zero-order valence-corrected chi connectivity index (χ0v) is 12.5. The number of Topliss-reactive ketones (excluding diaryl/α,β-unsaturated/α-hetero) is 1. The van der Waals surface area contributed by atoms with Gasteiger partial charge in [0, 0.05) is 31.5 Å². The summed E-state index contributed by atoms with van der Waals surface area (Å²) in [6, 6.07) is 6.76. The molecule has 0 fully saturated rings. The highest BCUT2D eigenvalue weighted by atomic mass is 19.1. The number of halogens is 1. The molecule has 0 spiro atoms. The zero-order chi connectivity index (χ0) is 16.1. The molecule has 6 heteroatoms. The van der Waals surface area contributed by atoms with Gasteiger partial charge in [0.1, 0.15) is 17.8 Å². The molecular formula is C16H17FN2O3. The molecule has 1 aromatic heterocycles. The molecule has 116 valence electrons. The number of amides is 1. The Hall–Kier alpha value is -2.50. The molecule has 22 heavy (non-hydrogen) atoms. The maximum absolute atomic E-state index is 12.8. The molecule has 0 N–H and O–H groups in total. The van der Waals surface area contributed by atoms with Gasteiger partial charge in [0.2, 0.25) is 5.91 Å². The number of rotatable bonds is 6. The number of aromatic nitrogens is 1. The van der Waals surface area contributed by atoms with E-state index < -0.39 is 5.82 Å². The minimum absolute atomic E-state index is 0.0837. The van der Waals surface area contributed by atoms with Crippen molar-refractivity contribution >= 4 is 11.7 Å². The van der Waals surface area contributed by atoms with Gasteiger partial charge in [-0.25, -0.2) is 4.39 Å². The topological polar surface area (TPSA) is 63.4 Å². The average Bonchev–Trinajstić information content (AvgIpc) is 3.05. The van der Waals surface area contributed by atoms with Gasteiger partial charge in [-0.1, -0.05) is 5.16 Å². The van der Waals surface area contributed by atoms with E-state index in [1.165, 1.54) is 35.4 Å². The van der Waals surface area contributed by atoms with Crippen molar-refractivity contribution in [3.05, 3.63) is 53.7 Å². The monoisotopic (exact) mass is 304 g/mol. The first kappa shape index (κ1) is 15.9. The van der Waals surface area contributed by atoms with E-state index in [4.69, 9.17) is 4.52 Å². The highest BCUT2D eigenvalue weighted by molar-refractivity contribution is 5.97. The first-order valence-corrected chi connectivity index (χ1v) is 6.93. The molecule has 1 aromatic carbocycles. The lowest BCUT2D eigenvalue weighted by Gasteiger charge is -2.23. The Morgan fingerprint density at radius 3 is 2.50 bits per heavy atom. The SMILES string of the molecule is C[C@H](c1ccon1)N(C)C(=O)CCC(=O)c1ccc(F)cc1. The van der Waals surface area contributed by atoms with Crippen LogP contribution >= 0.6 is 0 Å². The molecular weight excluding hydrogens is 287 g/mol. The summed E-state index contributed by atoms with van der Waals surface area (Å²) in [5.74, 6) is -0.740. The predicted octanol–water partition coefficient (Wildman–Crippen LogP) is 3.00. The molecule has 0 aliphatic rings. The number of benzene rings is 1. The fourth-order valence-corrected chi connectivity index (χ4v) is 2.03. The summed E-state index contributed by atoms with van der Waals surface area (Å²) in [5, 5.41) is 3.80. The van der Waals surface area contributed by atoms with Crippen LogP contribution in [0.1, 0.15) is 41.9 Å². The van der Waals surface area contributed by atoms with Crippen LogP contribution in [0.15, 0.2) is 41.1 Å². The van der Waals surface area contributed by atoms with Gasteiger partial charge in [-0.2, -0.15) is 0 Å². The summed E-state index contributed by atoms with van der Waals surface area (Å²) in [5.41, 5.74) is 1.06. The second kappa shape index (κ2) is 6.98. The van der Waals surface area contributed by atoms with Crippen molar-refractivity contribution in [2.24, 2.45) is 0 Å². The quantitative estimate of drug-likeness (QED) is 0.770. The Kier molecular flexibility index (Phi) is 5.04. The van der Waals surface area contributed by atoms with E-state index >= 15 is 0 Å². The third-order valence-corrected chi connectivity index (χ3v) is 3.59. The molecule has 2 aromatic rings. The van der Waals surface area contributed by atoms with E-state index in [-0.39, 0.29) is 30.6 Å². The Bertz CT molecular complexity index is 638. The van der Waals surface area contributed by atoms with Crippen LogP contribution in [0.3, 0.4) is 0 Å². The van der Waals surface area contributed by atoms with Crippen molar-refractivity contribution in [3.8, 4) is 0 Å². The molecule has 0 unspecified atom stereocenters. The van der Waals surface area contributed by atoms with E-state index in [0.717, 1.165) is 0 Å². The highest BCUT2D eigenvalue weighted by Crippen LogP contribution is 2.18. The molecule has 1 amide bonds. The van der Waals surface area contributed by atoms with E-state index in [2.05, 4.69) is 5.16 Å². The summed E-state index contributed by atoms with van der Waals surface area (Å²) in [6.45, 7) is 1.83. The van der Waals surface area contributed by atoms with Crippen molar-refractivity contribution in [3.63, 3.8) is 0 Å². The van der Waals surface area contributed by atoms with Crippen LogP contribution in [0.25, 0.3) is 0 Å². The van der Waals surface area contributed by atoms with Crippen LogP contribution in [-0.4, -0.2) is 28.8 Å². The van der Waals surface area contributed by atoms with Crippen molar-refractivity contribution in [1.82, 2.24) is 10.1 Å². The van der Waals surface area contributed by atoms with Gasteiger partial charge < -0.3 is 9.42 Å². The zero-order valence-electron chi connectivity index (χ0n) is 12.5. The highest BCUT2D eigenvalue weighted by Gasteiger charge is 2.20. The molecule has 1 atom stereocenters. The second-order valence-electron chi connectivity index (χ2n) is 5.03. The van der Waals surface area contributed by atoms with Crippen LogP contribution in [0.4, 0.5) is 4.39 Å². The molecule has 0 bridgehead atoms. The van der Waals surface area contributed by atoms with Gasteiger partial charge in [-0.3, -0.25) is 9.59 Å². The number of nitrogens with zero attached hydrogens (tertiary/aromatic N) is 2. The fourth-order valence-electron chi connectivity index (χ4n) is 2.03. The molecule has 2 rings (SSSR count). The molecule has 0 radical (unpaired) electrons. The first-order valence-electron chi connectivity index (χ1n) is 6.93. The van der Waals surface area contributed by atoms with Gasteiger partial charge in [0.25, 0.3) is 0 Å². The Morgan fingerprint density at radius 2 is 1.91 bits per heavy atom. The van der Waals surface area contributed by atoms with Crippen LogP contribution in [0.2, 0.25) is 0 Å². The summed E-state index contributed by atoms with van der Waals surface area (Å²) in [7, 11) is 1.66. The van der Waals surface area contributed by atoms with Crippen LogP contribution < -0.4 is 0 Å². The second-order valence-corrected chi connectivity index (χ2v) is 5.03. The predicted molar refractivity (Wildman–Crippen MR) is 77.7 cm³/mol. The smallest absolute Gasteiger partial charge is 0.223 e. The number of hydrogen-bond acceptors (Lipinski definition) is 4. The lowest BCUT2D eigenvalue weighted by atomic mass is 10.1. The normalized spacial score (nSPS) is 12.0. The third-order valence-electron chi connectivity index (χ3n) is 3.59. The molecule has 5 nitrogen and oxygen atoms in total. The number of ketones is 1. The van der Waals surface area contributed by atoms with Gasteiger partial charge >= 0.3 is 0 Å². The molecule has 0 aliphatic heterocycles. The van der Waals surface area contributed by atoms with Gasteiger partial charge in [-0.05, 0) is 31.2 Å².